The highest BCUT2D eigenvalue weighted by atomic mass is 19.4. The fourth-order valence-electron chi connectivity index (χ4n) is 3.81. The smallest absolute Gasteiger partial charge is 0.411 e. The molecule has 1 rings (SSSR count). The molecule has 0 fully saturated rings. The molecule has 0 aromatic heterocycles. The van der Waals surface area contributed by atoms with Crippen molar-refractivity contribution >= 4 is 17.7 Å². The standard InChI is InChI=1S/C14H18F5NO4/c1-4-6-12(3,10(21)22)7(8(15)16)20-9(14(17,18)19)13(6,5-2)11(23)24/h6,8-9H,4-5H2,1-3H3,(H,21,22)(H,23,24). The van der Waals surface area contributed by atoms with Gasteiger partial charge >= 0.3 is 18.1 Å². The van der Waals surface area contributed by atoms with E-state index in [2.05, 4.69) is 4.99 Å². The van der Waals surface area contributed by atoms with Crippen LogP contribution in [0.15, 0.2) is 4.99 Å². The minimum Gasteiger partial charge on any atom is -0.481 e. The maximum atomic E-state index is 13.4. The Morgan fingerprint density at radius 3 is 1.96 bits per heavy atom. The highest BCUT2D eigenvalue weighted by molar-refractivity contribution is 6.09. The van der Waals surface area contributed by atoms with Crippen LogP contribution in [0, 0.1) is 16.7 Å². The molecule has 1 aliphatic rings. The Balaban J connectivity index is 3.94. The lowest BCUT2D eigenvalue weighted by atomic mass is 9.53. The lowest BCUT2D eigenvalue weighted by molar-refractivity contribution is -0.208. The monoisotopic (exact) mass is 359 g/mol. The van der Waals surface area contributed by atoms with Gasteiger partial charge in [-0.3, -0.25) is 14.6 Å². The second-order valence-corrected chi connectivity index (χ2v) is 5.93. The number of carboxylic acids is 2. The predicted molar refractivity (Wildman–Crippen MR) is 73.2 cm³/mol. The van der Waals surface area contributed by atoms with Gasteiger partial charge in [-0.2, -0.15) is 13.2 Å². The van der Waals surface area contributed by atoms with Gasteiger partial charge in [0.05, 0.1) is 5.71 Å². The summed E-state index contributed by atoms with van der Waals surface area (Å²) in [5.74, 6) is -5.44. The van der Waals surface area contributed by atoms with E-state index in [4.69, 9.17) is 0 Å². The molecular weight excluding hydrogens is 341 g/mol. The summed E-state index contributed by atoms with van der Waals surface area (Å²) >= 11 is 0. The summed E-state index contributed by atoms with van der Waals surface area (Å²) in [5.41, 5.74) is -6.59. The fourth-order valence-corrected chi connectivity index (χ4v) is 3.81. The Kier molecular flexibility index (Phi) is 5.32. The van der Waals surface area contributed by atoms with E-state index in [0.29, 0.717) is 0 Å². The molecule has 0 aromatic rings. The van der Waals surface area contributed by atoms with Crippen LogP contribution >= 0.6 is 0 Å². The van der Waals surface area contributed by atoms with Gasteiger partial charge in [0, 0.05) is 0 Å². The normalized spacial score (nSPS) is 34.1. The summed E-state index contributed by atoms with van der Waals surface area (Å²) in [6.07, 6.45) is -9.70. The molecule has 5 nitrogen and oxygen atoms in total. The van der Waals surface area contributed by atoms with E-state index in [0.717, 1.165) is 13.8 Å². The number of rotatable bonds is 5. The number of aliphatic carboxylic acids is 2. The van der Waals surface area contributed by atoms with Crippen LogP contribution in [0.3, 0.4) is 0 Å². The summed E-state index contributed by atoms with van der Waals surface area (Å²) in [5, 5.41) is 18.9. The van der Waals surface area contributed by atoms with Crippen molar-refractivity contribution in [1.82, 2.24) is 0 Å². The Labute approximate surface area is 134 Å². The molecule has 0 aliphatic carbocycles. The summed E-state index contributed by atoms with van der Waals surface area (Å²) in [4.78, 5) is 26.4. The minimum atomic E-state index is -5.21. The number of halogens is 5. The third kappa shape index (κ3) is 2.65. The molecule has 0 amide bonds. The van der Waals surface area contributed by atoms with Gasteiger partial charge in [0.25, 0.3) is 6.43 Å². The quantitative estimate of drug-likeness (QED) is 0.738. The number of aliphatic imine (C=N–C) groups is 1. The first-order valence-corrected chi connectivity index (χ1v) is 7.21. The molecule has 10 heteroatoms. The molecule has 0 aromatic carbocycles. The van der Waals surface area contributed by atoms with Crippen LogP contribution in [0.25, 0.3) is 0 Å². The molecule has 0 saturated carbocycles. The van der Waals surface area contributed by atoms with Crippen LogP contribution in [0.2, 0.25) is 0 Å². The number of carboxylic acid groups (broad SMARTS) is 2. The Hall–Kier alpha value is -1.74. The summed E-state index contributed by atoms with van der Waals surface area (Å²) < 4.78 is 66.9. The fraction of sp³-hybridized carbons (Fsp3) is 0.786. The SMILES string of the molecule is CCC1C(C)(C(=O)O)C(C(F)F)=NC(C(F)(F)F)C1(CC)C(=O)O. The average molecular weight is 359 g/mol. The Morgan fingerprint density at radius 1 is 1.21 bits per heavy atom. The first-order chi connectivity index (χ1) is 10.8. The summed E-state index contributed by atoms with van der Waals surface area (Å²) in [7, 11) is 0. The van der Waals surface area contributed by atoms with E-state index in [1.54, 1.807) is 0 Å². The third-order valence-electron chi connectivity index (χ3n) is 4.96. The molecule has 1 aliphatic heterocycles. The van der Waals surface area contributed by atoms with Gasteiger partial charge in [0.2, 0.25) is 0 Å². The van der Waals surface area contributed by atoms with Gasteiger partial charge in [-0.15, -0.1) is 0 Å². The summed E-state index contributed by atoms with van der Waals surface area (Å²) in [6, 6.07) is -2.94. The first kappa shape index (κ1) is 20.3. The molecule has 0 radical (unpaired) electrons. The molecule has 4 unspecified atom stereocenters. The van der Waals surface area contributed by atoms with Crippen molar-refractivity contribution in [3.05, 3.63) is 0 Å². The minimum absolute atomic E-state index is 0.346. The number of carbonyl (C=O) groups is 2. The molecule has 1 heterocycles. The molecule has 4 atom stereocenters. The molecule has 24 heavy (non-hydrogen) atoms. The van der Waals surface area contributed by atoms with Gasteiger partial charge in [-0.1, -0.05) is 20.3 Å². The third-order valence-corrected chi connectivity index (χ3v) is 4.96. The zero-order valence-electron chi connectivity index (χ0n) is 13.2. The van der Waals surface area contributed by atoms with Crippen LogP contribution in [-0.2, 0) is 9.59 Å². The average Bonchev–Trinajstić information content (AvgIpc) is 2.43. The lowest BCUT2D eigenvalue weighted by Crippen LogP contribution is -2.65. The van der Waals surface area contributed by atoms with Crippen molar-refractivity contribution in [1.29, 1.82) is 0 Å². The maximum Gasteiger partial charge on any atom is 0.411 e. The van der Waals surface area contributed by atoms with Crippen molar-refractivity contribution in [3.8, 4) is 0 Å². The van der Waals surface area contributed by atoms with E-state index in [1.807, 2.05) is 0 Å². The topological polar surface area (TPSA) is 87.0 Å². The molecule has 0 saturated heterocycles. The number of hydrogen-bond donors (Lipinski definition) is 2. The largest absolute Gasteiger partial charge is 0.481 e. The van der Waals surface area contributed by atoms with Gasteiger partial charge in [0.1, 0.15) is 10.8 Å². The van der Waals surface area contributed by atoms with E-state index >= 15 is 0 Å². The maximum absolute atomic E-state index is 13.4. The highest BCUT2D eigenvalue weighted by Gasteiger charge is 2.70. The highest BCUT2D eigenvalue weighted by Crippen LogP contribution is 2.56. The van der Waals surface area contributed by atoms with Crippen molar-refractivity contribution in [3.63, 3.8) is 0 Å². The van der Waals surface area contributed by atoms with Crippen molar-refractivity contribution < 1.29 is 41.8 Å². The molecule has 0 spiro atoms. The second-order valence-electron chi connectivity index (χ2n) is 5.93. The summed E-state index contributed by atoms with van der Waals surface area (Å²) in [6.45, 7) is 3.25. The van der Waals surface area contributed by atoms with E-state index in [9.17, 15) is 41.8 Å². The number of alkyl halides is 5. The molecule has 0 bridgehead atoms. The molecular formula is C14H18F5NO4. The van der Waals surface area contributed by atoms with Crippen LogP contribution in [0.4, 0.5) is 22.0 Å². The van der Waals surface area contributed by atoms with Gasteiger partial charge in [0.15, 0.2) is 6.04 Å². The van der Waals surface area contributed by atoms with Crippen LogP contribution in [-0.4, -0.2) is 46.5 Å². The van der Waals surface area contributed by atoms with E-state index in [1.165, 1.54) is 6.92 Å². The van der Waals surface area contributed by atoms with Crippen molar-refractivity contribution in [2.24, 2.45) is 21.7 Å². The molecule has 2 N–H and O–H groups in total. The van der Waals surface area contributed by atoms with Crippen molar-refractivity contribution in [2.75, 3.05) is 0 Å². The first-order valence-electron chi connectivity index (χ1n) is 7.21. The number of nitrogens with zero attached hydrogens (tertiary/aromatic N) is 1. The number of hydrogen-bond acceptors (Lipinski definition) is 3. The van der Waals surface area contributed by atoms with Gasteiger partial charge < -0.3 is 10.2 Å². The van der Waals surface area contributed by atoms with Crippen LogP contribution in [0.5, 0.6) is 0 Å². The Bertz CT molecular complexity index is 562. The molecule has 138 valence electrons. The van der Waals surface area contributed by atoms with E-state index in [-0.39, 0.29) is 6.42 Å². The van der Waals surface area contributed by atoms with E-state index < -0.39 is 59.5 Å². The van der Waals surface area contributed by atoms with Crippen LogP contribution in [0.1, 0.15) is 33.6 Å². The van der Waals surface area contributed by atoms with Gasteiger partial charge in [-0.25, -0.2) is 8.78 Å². The lowest BCUT2D eigenvalue weighted by Gasteiger charge is -2.51. The zero-order valence-corrected chi connectivity index (χ0v) is 13.2. The predicted octanol–water partition coefficient (Wildman–Crippen LogP) is 3.24. The van der Waals surface area contributed by atoms with Crippen LogP contribution < -0.4 is 0 Å². The second kappa shape index (κ2) is 6.29. The zero-order chi connectivity index (χ0) is 19.1. The Morgan fingerprint density at radius 2 is 1.71 bits per heavy atom. The van der Waals surface area contributed by atoms with Crippen molar-refractivity contribution in [2.45, 2.75) is 52.3 Å². The van der Waals surface area contributed by atoms with Gasteiger partial charge in [-0.05, 0) is 19.3 Å².